The van der Waals surface area contributed by atoms with Crippen LogP contribution in [0.4, 0.5) is 0 Å². The normalized spacial score (nSPS) is 11.7. The van der Waals surface area contributed by atoms with Crippen LogP contribution in [0.1, 0.15) is 0 Å². The molecule has 0 saturated carbocycles. The van der Waals surface area contributed by atoms with Gasteiger partial charge in [0, 0.05) is 39.3 Å². The van der Waals surface area contributed by atoms with Gasteiger partial charge in [-0.3, -0.25) is 4.98 Å². The Morgan fingerprint density at radius 1 is 0.488 bits per heavy atom. The molecule has 6 heteroatoms. The van der Waals surface area contributed by atoms with Gasteiger partial charge in [0.1, 0.15) is 11.0 Å². The lowest BCUT2D eigenvalue weighted by molar-refractivity contribution is 0.619. The third kappa shape index (κ3) is 3.85. The summed E-state index contributed by atoms with van der Waals surface area (Å²) < 4.78 is 14.6. The van der Waals surface area contributed by atoms with Crippen LogP contribution >= 0.6 is 0 Å². The van der Waals surface area contributed by atoms with Gasteiger partial charge in [0.2, 0.25) is 11.8 Å². The van der Waals surface area contributed by atoms with Gasteiger partial charge in [0.15, 0.2) is 11.2 Å². The molecule has 0 fully saturated rings. The van der Waals surface area contributed by atoms with E-state index in [1.807, 2.05) is 72.9 Å². The van der Waals surface area contributed by atoms with Crippen molar-refractivity contribution in [3.05, 3.63) is 134 Å². The minimum Gasteiger partial charge on any atom is -0.436 e. The number of aromatic nitrogens is 4. The van der Waals surface area contributed by atoms with Crippen molar-refractivity contribution in [3.63, 3.8) is 0 Å². The van der Waals surface area contributed by atoms with E-state index >= 15 is 0 Å². The van der Waals surface area contributed by atoms with Gasteiger partial charge < -0.3 is 13.4 Å². The molecule has 5 aromatic carbocycles. The predicted molar refractivity (Wildman–Crippen MR) is 170 cm³/mol. The largest absolute Gasteiger partial charge is 0.436 e. The van der Waals surface area contributed by atoms with E-state index in [1.165, 1.54) is 0 Å². The molecule has 0 N–H and O–H groups in total. The van der Waals surface area contributed by atoms with Crippen LogP contribution < -0.4 is 0 Å². The van der Waals surface area contributed by atoms with Gasteiger partial charge in [0.25, 0.3) is 0 Å². The Kier molecular flexibility index (Phi) is 5.10. The van der Waals surface area contributed by atoms with Crippen molar-refractivity contribution < 1.29 is 8.83 Å². The van der Waals surface area contributed by atoms with Crippen LogP contribution in [-0.4, -0.2) is 19.5 Å². The van der Waals surface area contributed by atoms with Crippen LogP contribution in [0.3, 0.4) is 0 Å². The lowest BCUT2D eigenvalue weighted by Gasteiger charge is -2.10. The second-order valence-corrected chi connectivity index (χ2v) is 10.5. The second kappa shape index (κ2) is 9.26. The highest BCUT2D eigenvalue weighted by molar-refractivity contribution is 6.11. The molecule has 4 aromatic heterocycles. The number of para-hydroxylation sites is 4. The summed E-state index contributed by atoms with van der Waals surface area (Å²) in [5.74, 6) is 1.19. The second-order valence-electron chi connectivity index (χ2n) is 10.5. The molecule has 0 bridgehead atoms. The Labute approximate surface area is 245 Å². The van der Waals surface area contributed by atoms with E-state index in [0.29, 0.717) is 11.8 Å². The molecule has 0 atom stereocenters. The first kappa shape index (κ1) is 23.7. The minimum atomic E-state index is 0.594. The van der Waals surface area contributed by atoms with E-state index in [1.54, 1.807) is 0 Å². The van der Waals surface area contributed by atoms with E-state index in [2.05, 4.69) is 70.2 Å². The van der Waals surface area contributed by atoms with E-state index in [4.69, 9.17) is 18.8 Å². The number of fused-ring (bicyclic) bond motifs is 5. The molecule has 0 aliphatic rings. The molecule has 0 aliphatic carbocycles. The van der Waals surface area contributed by atoms with Crippen molar-refractivity contribution in [1.29, 1.82) is 0 Å². The highest BCUT2D eigenvalue weighted by Gasteiger charge is 2.18. The van der Waals surface area contributed by atoms with Crippen LogP contribution in [0.15, 0.2) is 142 Å². The molecule has 9 aromatic rings. The fourth-order valence-corrected chi connectivity index (χ4v) is 5.90. The third-order valence-electron chi connectivity index (χ3n) is 7.91. The Morgan fingerprint density at radius 3 is 1.67 bits per heavy atom. The maximum absolute atomic E-state index is 6.15. The first-order chi connectivity index (χ1) is 21.3. The van der Waals surface area contributed by atoms with Gasteiger partial charge in [0.05, 0.1) is 16.7 Å². The van der Waals surface area contributed by atoms with Gasteiger partial charge in [-0.15, -0.1) is 0 Å². The third-order valence-corrected chi connectivity index (χ3v) is 7.91. The van der Waals surface area contributed by atoms with Crippen LogP contribution in [0.5, 0.6) is 0 Å². The Morgan fingerprint density at radius 2 is 1.09 bits per heavy atom. The molecular weight excluding hydrogens is 532 g/mol. The molecule has 0 saturated heterocycles. The zero-order valence-corrected chi connectivity index (χ0v) is 22.8. The summed E-state index contributed by atoms with van der Waals surface area (Å²) in [5, 5.41) is 2.16. The van der Waals surface area contributed by atoms with E-state index < -0.39 is 0 Å². The van der Waals surface area contributed by atoms with Crippen LogP contribution in [-0.2, 0) is 0 Å². The molecule has 9 rings (SSSR count). The fraction of sp³-hybridized carbons (Fsp3) is 0. The topological polar surface area (TPSA) is 69.9 Å². The Hall–Kier alpha value is -6.01. The molecule has 0 aliphatic heterocycles. The van der Waals surface area contributed by atoms with Crippen LogP contribution in [0.25, 0.3) is 83.9 Å². The maximum atomic E-state index is 6.15. The van der Waals surface area contributed by atoms with Crippen LogP contribution in [0, 0.1) is 0 Å². The van der Waals surface area contributed by atoms with Gasteiger partial charge in [-0.25, -0.2) is 9.97 Å². The summed E-state index contributed by atoms with van der Waals surface area (Å²) in [6.45, 7) is 0. The molecule has 202 valence electrons. The fourth-order valence-electron chi connectivity index (χ4n) is 5.90. The number of rotatable bonds is 4. The Bertz CT molecular complexity index is 2270. The molecule has 43 heavy (non-hydrogen) atoms. The molecule has 0 amide bonds. The number of oxazole rings is 2. The highest BCUT2D eigenvalue weighted by atomic mass is 16.4. The lowest BCUT2D eigenvalue weighted by Crippen LogP contribution is -1.95. The van der Waals surface area contributed by atoms with Crippen LogP contribution in [0.2, 0.25) is 0 Å². The lowest BCUT2D eigenvalue weighted by atomic mass is 10.1. The molecule has 0 spiro atoms. The van der Waals surface area contributed by atoms with Crippen molar-refractivity contribution in [2.45, 2.75) is 0 Å². The summed E-state index contributed by atoms with van der Waals surface area (Å²) in [4.78, 5) is 14.1. The summed E-state index contributed by atoms with van der Waals surface area (Å²) in [6.07, 6.45) is 1.82. The molecule has 4 heterocycles. The quantitative estimate of drug-likeness (QED) is 0.217. The smallest absolute Gasteiger partial charge is 0.227 e. The SMILES string of the molecule is c1ccc(-c2cccc(-n3c4ccc(-c5nc6ccccc6o5)cc4c4cc(-c5nc6ccccc6o5)ccc43)c2)nc1. The van der Waals surface area contributed by atoms with E-state index in [9.17, 15) is 0 Å². The number of pyridine rings is 1. The van der Waals surface area contributed by atoms with Gasteiger partial charge >= 0.3 is 0 Å². The number of hydrogen-bond donors (Lipinski definition) is 0. The molecule has 0 unspecified atom stereocenters. The van der Waals surface area contributed by atoms with Gasteiger partial charge in [-0.1, -0.05) is 42.5 Å². The van der Waals surface area contributed by atoms with Crippen molar-refractivity contribution in [2.24, 2.45) is 0 Å². The highest BCUT2D eigenvalue weighted by Crippen LogP contribution is 2.38. The zero-order chi connectivity index (χ0) is 28.3. The predicted octanol–water partition coefficient (Wildman–Crippen LogP) is 9.46. The average molecular weight is 555 g/mol. The van der Waals surface area contributed by atoms with Crippen molar-refractivity contribution in [1.82, 2.24) is 19.5 Å². The monoisotopic (exact) mass is 554 g/mol. The maximum Gasteiger partial charge on any atom is 0.227 e. The van der Waals surface area contributed by atoms with Crippen molar-refractivity contribution in [2.75, 3.05) is 0 Å². The van der Waals surface area contributed by atoms with E-state index in [0.717, 1.165) is 72.1 Å². The molecule has 6 nitrogen and oxygen atoms in total. The minimum absolute atomic E-state index is 0.594. The van der Waals surface area contributed by atoms with Crippen molar-refractivity contribution in [3.8, 4) is 39.9 Å². The first-order valence-corrected chi connectivity index (χ1v) is 14.1. The summed E-state index contributed by atoms with van der Waals surface area (Å²) in [7, 11) is 0. The zero-order valence-electron chi connectivity index (χ0n) is 22.8. The molecule has 0 radical (unpaired) electrons. The molecular formula is C37H22N4O2. The number of benzene rings is 5. The standard InChI is InChI=1S/C37H22N4O2/c1-3-13-34-30(11-1)39-36(42-34)24-15-17-32-27(21-24)28-22-25(37-40-31-12-2-4-14-35(31)43-37)16-18-33(28)41(32)26-9-7-8-23(20-26)29-10-5-6-19-38-29/h1-22H. The van der Waals surface area contributed by atoms with Gasteiger partial charge in [-0.05, 0) is 84.9 Å². The van der Waals surface area contributed by atoms with E-state index in [-0.39, 0.29) is 0 Å². The average Bonchev–Trinajstić information content (AvgIpc) is 3.78. The summed E-state index contributed by atoms with van der Waals surface area (Å²) in [5.41, 5.74) is 10.2. The number of hydrogen-bond acceptors (Lipinski definition) is 5. The van der Waals surface area contributed by atoms with Crippen molar-refractivity contribution >= 4 is 44.0 Å². The van der Waals surface area contributed by atoms with Gasteiger partial charge in [-0.2, -0.15) is 0 Å². The summed E-state index contributed by atoms with van der Waals surface area (Å²) in [6, 6.07) is 42.9. The first-order valence-electron chi connectivity index (χ1n) is 14.1. The Balaban J connectivity index is 1.29. The summed E-state index contributed by atoms with van der Waals surface area (Å²) >= 11 is 0. The number of nitrogens with zero attached hydrogens (tertiary/aromatic N) is 4.